The summed E-state index contributed by atoms with van der Waals surface area (Å²) in [5, 5.41) is 9.08. The highest BCUT2D eigenvalue weighted by molar-refractivity contribution is 5.87. The van der Waals surface area contributed by atoms with Crippen molar-refractivity contribution in [1.29, 1.82) is 0 Å². The lowest BCUT2D eigenvalue weighted by molar-refractivity contribution is 0.0696. The Kier molecular flexibility index (Phi) is 5.77. The Morgan fingerprint density at radius 2 is 1.96 bits per heavy atom. The molecule has 0 bridgehead atoms. The fourth-order valence-corrected chi connectivity index (χ4v) is 2.59. The first-order valence-corrected chi connectivity index (χ1v) is 7.65. The normalized spacial score (nSPS) is 12.2. The van der Waals surface area contributed by atoms with Gasteiger partial charge in [-0.2, -0.15) is 0 Å². The van der Waals surface area contributed by atoms with Crippen LogP contribution in [-0.4, -0.2) is 36.2 Å². The number of nitrogens with zero attached hydrogens (tertiary/aromatic N) is 1. The zero-order chi connectivity index (χ0) is 16.8. The van der Waals surface area contributed by atoms with E-state index in [-0.39, 0.29) is 0 Å². The molecule has 0 heterocycles. The van der Waals surface area contributed by atoms with Crippen LogP contribution in [0.15, 0.2) is 48.5 Å². The van der Waals surface area contributed by atoms with Gasteiger partial charge in [0, 0.05) is 12.6 Å². The number of benzene rings is 2. The van der Waals surface area contributed by atoms with E-state index in [4.69, 9.17) is 9.84 Å². The molecule has 2 aromatic carbocycles. The lowest BCUT2D eigenvalue weighted by Gasteiger charge is -2.25. The first-order chi connectivity index (χ1) is 11.0. The fourth-order valence-electron chi connectivity index (χ4n) is 2.59. The summed E-state index contributed by atoms with van der Waals surface area (Å²) in [6.07, 6.45) is 0.874. The number of carbonyl (C=O) groups is 1. The fraction of sp³-hybridized carbons (Fsp3) is 0.316. The van der Waals surface area contributed by atoms with Crippen LogP contribution in [0.5, 0.6) is 5.75 Å². The van der Waals surface area contributed by atoms with Crippen LogP contribution in [0.25, 0.3) is 0 Å². The molecule has 0 aromatic heterocycles. The van der Waals surface area contributed by atoms with Crippen molar-refractivity contribution in [2.24, 2.45) is 0 Å². The Labute approximate surface area is 137 Å². The zero-order valence-electron chi connectivity index (χ0n) is 13.8. The summed E-state index contributed by atoms with van der Waals surface area (Å²) < 4.78 is 5.40. The smallest absolute Gasteiger partial charge is 0.335 e. The molecule has 0 aliphatic rings. The molecule has 1 N–H and O–H groups in total. The van der Waals surface area contributed by atoms with Crippen LogP contribution < -0.4 is 4.74 Å². The maximum absolute atomic E-state index is 11.1. The molecule has 0 fully saturated rings. The highest BCUT2D eigenvalue weighted by Gasteiger charge is 2.13. The lowest BCUT2D eigenvalue weighted by atomic mass is 10.0. The number of methoxy groups -OCH3 is 1. The molecule has 0 saturated heterocycles. The summed E-state index contributed by atoms with van der Waals surface area (Å²) in [6.45, 7) is 2.87. The number of para-hydroxylation sites is 1. The summed E-state index contributed by atoms with van der Waals surface area (Å²) in [6, 6.07) is 15.4. The monoisotopic (exact) mass is 313 g/mol. The third-order valence-corrected chi connectivity index (χ3v) is 4.07. The quantitative estimate of drug-likeness (QED) is 0.850. The molecule has 23 heavy (non-hydrogen) atoms. The predicted octanol–water partition coefficient (Wildman–Crippen LogP) is 3.46. The molecular formula is C19H23NO3. The molecule has 4 heteroatoms. The van der Waals surface area contributed by atoms with Gasteiger partial charge in [-0.25, -0.2) is 4.79 Å². The van der Waals surface area contributed by atoms with Crippen molar-refractivity contribution in [3.05, 3.63) is 65.2 Å². The number of aromatic carboxylic acids is 1. The molecule has 0 aliphatic carbocycles. The van der Waals surface area contributed by atoms with Crippen LogP contribution in [0, 0.1) is 0 Å². The van der Waals surface area contributed by atoms with E-state index in [0.717, 1.165) is 17.7 Å². The van der Waals surface area contributed by atoms with Gasteiger partial charge in [-0.3, -0.25) is 4.90 Å². The summed E-state index contributed by atoms with van der Waals surface area (Å²) in [5.41, 5.74) is 2.50. The van der Waals surface area contributed by atoms with Crippen molar-refractivity contribution in [2.45, 2.75) is 25.9 Å². The molecule has 0 saturated carbocycles. The van der Waals surface area contributed by atoms with E-state index in [1.807, 2.05) is 31.3 Å². The molecule has 2 aromatic rings. The van der Waals surface area contributed by atoms with E-state index < -0.39 is 5.97 Å². The van der Waals surface area contributed by atoms with Crippen LogP contribution in [0.4, 0.5) is 0 Å². The van der Waals surface area contributed by atoms with Gasteiger partial charge in [-0.1, -0.05) is 30.3 Å². The number of ether oxygens (including phenoxy) is 1. The van der Waals surface area contributed by atoms with Crippen molar-refractivity contribution >= 4 is 5.97 Å². The largest absolute Gasteiger partial charge is 0.496 e. The second kappa shape index (κ2) is 7.79. The molecule has 0 spiro atoms. The molecule has 1 unspecified atom stereocenters. The lowest BCUT2D eigenvalue weighted by Crippen LogP contribution is -2.30. The van der Waals surface area contributed by atoms with E-state index in [9.17, 15) is 4.79 Å². The van der Waals surface area contributed by atoms with Gasteiger partial charge in [0.2, 0.25) is 0 Å². The Bertz CT molecular complexity index is 669. The number of hydrogen-bond donors (Lipinski definition) is 1. The van der Waals surface area contributed by atoms with Gasteiger partial charge >= 0.3 is 5.97 Å². The Morgan fingerprint density at radius 3 is 2.65 bits per heavy atom. The van der Waals surface area contributed by atoms with Crippen LogP contribution in [0.3, 0.4) is 0 Å². The van der Waals surface area contributed by atoms with Gasteiger partial charge in [0.25, 0.3) is 0 Å². The summed E-state index contributed by atoms with van der Waals surface area (Å²) in [5.74, 6) is 0.0113. The molecule has 4 nitrogen and oxygen atoms in total. The SMILES string of the molecule is COc1ccccc1CC(C)N(C)Cc1cccc(C(=O)O)c1. The third-order valence-electron chi connectivity index (χ3n) is 4.07. The Balaban J connectivity index is 2.04. The van der Waals surface area contributed by atoms with Crippen molar-refractivity contribution in [3.63, 3.8) is 0 Å². The molecule has 122 valence electrons. The van der Waals surface area contributed by atoms with Crippen LogP contribution in [-0.2, 0) is 13.0 Å². The number of carboxylic acids is 1. The predicted molar refractivity (Wildman–Crippen MR) is 91.0 cm³/mol. The maximum Gasteiger partial charge on any atom is 0.335 e. The van der Waals surface area contributed by atoms with Crippen molar-refractivity contribution in [3.8, 4) is 5.75 Å². The van der Waals surface area contributed by atoms with Crippen LogP contribution in [0.2, 0.25) is 0 Å². The number of hydrogen-bond acceptors (Lipinski definition) is 3. The summed E-state index contributed by atoms with van der Waals surface area (Å²) in [4.78, 5) is 13.3. The van der Waals surface area contributed by atoms with Crippen LogP contribution in [0.1, 0.15) is 28.4 Å². The van der Waals surface area contributed by atoms with E-state index >= 15 is 0 Å². The standard InChI is InChI=1S/C19H23NO3/c1-14(11-16-8-4-5-10-18(16)23-3)20(2)13-15-7-6-9-17(12-15)19(21)22/h4-10,12,14H,11,13H2,1-3H3,(H,21,22). The Morgan fingerprint density at radius 1 is 1.22 bits per heavy atom. The minimum Gasteiger partial charge on any atom is -0.496 e. The van der Waals surface area contributed by atoms with E-state index in [1.54, 1.807) is 25.3 Å². The average molecular weight is 313 g/mol. The summed E-state index contributed by atoms with van der Waals surface area (Å²) in [7, 11) is 3.73. The molecule has 0 aliphatic heterocycles. The first kappa shape index (κ1) is 17.0. The van der Waals surface area contributed by atoms with Gasteiger partial charge < -0.3 is 9.84 Å². The van der Waals surface area contributed by atoms with Gasteiger partial charge in [0.15, 0.2) is 0 Å². The second-order valence-electron chi connectivity index (χ2n) is 5.79. The minimum absolute atomic E-state index is 0.305. The average Bonchev–Trinajstić information content (AvgIpc) is 2.55. The molecule has 0 amide bonds. The highest BCUT2D eigenvalue weighted by Crippen LogP contribution is 2.21. The third kappa shape index (κ3) is 4.57. The van der Waals surface area contributed by atoms with Gasteiger partial charge in [-0.05, 0) is 49.7 Å². The minimum atomic E-state index is -0.892. The molecule has 2 rings (SSSR count). The molecule has 1 atom stereocenters. The maximum atomic E-state index is 11.1. The van der Waals surface area contributed by atoms with Gasteiger partial charge in [-0.15, -0.1) is 0 Å². The van der Waals surface area contributed by atoms with Gasteiger partial charge in [0.05, 0.1) is 12.7 Å². The second-order valence-corrected chi connectivity index (χ2v) is 5.79. The summed E-state index contributed by atoms with van der Waals surface area (Å²) >= 11 is 0. The zero-order valence-corrected chi connectivity index (χ0v) is 13.8. The number of likely N-dealkylation sites (N-methyl/N-ethyl adjacent to an activating group) is 1. The molecule has 0 radical (unpaired) electrons. The van der Waals surface area contributed by atoms with Crippen molar-refractivity contribution < 1.29 is 14.6 Å². The first-order valence-electron chi connectivity index (χ1n) is 7.65. The van der Waals surface area contributed by atoms with E-state index in [0.29, 0.717) is 18.2 Å². The number of rotatable bonds is 7. The van der Waals surface area contributed by atoms with Crippen molar-refractivity contribution in [1.82, 2.24) is 4.90 Å². The van der Waals surface area contributed by atoms with Gasteiger partial charge in [0.1, 0.15) is 5.75 Å². The van der Waals surface area contributed by atoms with E-state index in [2.05, 4.69) is 17.9 Å². The Hall–Kier alpha value is -2.33. The van der Waals surface area contributed by atoms with Crippen LogP contribution >= 0.6 is 0 Å². The van der Waals surface area contributed by atoms with E-state index in [1.165, 1.54) is 5.56 Å². The molecular weight excluding hydrogens is 290 g/mol. The topological polar surface area (TPSA) is 49.8 Å². The number of carboxylic acid groups (broad SMARTS) is 1. The van der Waals surface area contributed by atoms with Crippen molar-refractivity contribution in [2.75, 3.05) is 14.2 Å². The highest BCUT2D eigenvalue weighted by atomic mass is 16.5.